The molecule has 8 heteroatoms. The Labute approximate surface area is 291 Å². The first-order valence-corrected chi connectivity index (χ1v) is 17.1. The largest absolute Gasteiger partial charge is 0.480 e. The van der Waals surface area contributed by atoms with Gasteiger partial charge in [-0.05, 0) is 85.9 Å². The number of carboxylic acids is 1. The predicted octanol–water partition coefficient (Wildman–Crippen LogP) is 7.29. The summed E-state index contributed by atoms with van der Waals surface area (Å²) in [7, 11) is 2.11. The van der Waals surface area contributed by atoms with Crippen LogP contribution in [0.25, 0.3) is 16.7 Å². The summed E-state index contributed by atoms with van der Waals surface area (Å²) >= 11 is 6.75. The van der Waals surface area contributed by atoms with E-state index < -0.39 is 17.6 Å². The molecular weight excluding hydrogens is 632 g/mol. The lowest BCUT2D eigenvalue weighted by molar-refractivity contribution is -0.139. The Balaban J connectivity index is 1.26. The van der Waals surface area contributed by atoms with Crippen LogP contribution in [-0.2, 0) is 16.8 Å². The number of fused-ring (bicyclic) bond motifs is 1. The molecule has 1 aliphatic heterocycles. The number of piperidine rings is 1. The highest BCUT2D eigenvalue weighted by Gasteiger charge is 2.40. The van der Waals surface area contributed by atoms with Crippen molar-refractivity contribution in [3.8, 4) is 5.69 Å². The number of nitrogens with zero attached hydrogens (tertiary/aromatic N) is 3. The number of hydrogen-bond acceptors (Lipinski definition) is 4. The minimum absolute atomic E-state index is 0.0895. The Morgan fingerprint density at radius 2 is 1.33 bits per heavy atom. The third-order valence-electron chi connectivity index (χ3n) is 9.84. The summed E-state index contributed by atoms with van der Waals surface area (Å²) in [4.78, 5) is 29.4. The Kier molecular flexibility index (Phi) is 9.23. The van der Waals surface area contributed by atoms with E-state index in [0.29, 0.717) is 16.2 Å². The van der Waals surface area contributed by atoms with Crippen molar-refractivity contribution in [2.24, 2.45) is 0 Å². The molecular formula is C41H39ClN4O3. The van der Waals surface area contributed by atoms with Gasteiger partial charge in [-0.15, -0.1) is 0 Å². The predicted molar refractivity (Wildman–Crippen MR) is 196 cm³/mol. The molecule has 6 aromatic rings. The zero-order valence-corrected chi connectivity index (χ0v) is 28.1. The molecule has 248 valence electrons. The van der Waals surface area contributed by atoms with Crippen molar-refractivity contribution in [3.63, 3.8) is 0 Å². The van der Waals surface area contributed by atoms with Crippen molar-refractivity contribution in [2.75, 3.05) is 20.1 Å². The summed E-state index contributed by atoms with van der Waals surface area (Å²) in [6.07, 6.45) is 2.00. The molecule has 0 amide bonds. The summed E-state index contributed by atoms with van der Waals surface area (Å²) in [6.45, 7) is 1.86. The molecule has 0 bridgehead atoms. The van der Waals surface area contributed by atoms with Crippen molar-refractivity contribution >= 4 is 28.6 Å². The van der Waals surface area contributed by atoms with Crippen molar-refractivity contribution in [1.29, 1.82) is 0 Å². The van der Waals surface area contributed by atoms with Crippen molar-refractivity contribution in [2.45, 2.75) is 36.9 Å². The average molecular weight is 671 g/mol. The lowest BCUT2D eigenvalue weighted by Gasteiger charge is -2.39. The number of para-hydroxylation sites is 1. The minimum Gasteiger partial charge on any atom is -0.480 e. The first-order valence-electron chi connectivity index (χ1n) is 16.7. The summed E-state index contributed by atoms with van der Waals surface area (Å²) in [6, 6.07) is 42.3. The van der Waals surface area contributed by atoms with Crippen LogP contribution in [0.5, 0.6) is 0 Å². The normalized spacial score (nSPS) is 15.0. The molecule has 2 heterocycles. The first-order chi connectivity index (χ1) is 23.9. The number of likely N-dealkylation sites (tertiary alicyclic amines) is 1. The number of imidazole rings is 1. The molecule has 0 spiro atoms. The maximum absolute atomic E-state index is 14.1. The van der Waals surface area contributed by atoms with Gasteiger partial charge in [0.15, 0.2) is 0 Å². The van der Waals surface area contributed by atoms with Gasteiger partial charge in [0.05, 0.1) is 27.3 Å². The van der Waals surface area contributed by atoms with E-state index in [4.69, 9.17) is 11.6 Å². The van der Waals surface area contributed by atoms with Gasteiger partial charge >= 0.3 is 11.7 Å². The van der Waals surface area contributed by atoms with Gasteiger partial charge in [0.25, 0.3) is 0 Å². The number of benzene rings is 5. The SMILES string of the molecule is CN1CCC(n2c(=O)n(-c3ccc(CC(NC(c4ccccc4)(c4ccccc4)c4ccccc4)C(=O)O)cc3)c3c(Cl)cccc32)CC1. The Morgan fingerprint density at radius 3 is 1.84 bits per heavy atom. The molecule has 1 atom stereocenters. The van der Waals surface area contributed by atoms with Gasteiger partial charge in [-0.1, -0.05) is 121 Å². The fourth-order valence-electron chi connectivity index (χ4n) is 7.36. The van der Waals surface area contributed by atoms with Crippen molar-refractivity contribution in [1.82, 2.24) is 19.4 Å². The van der Waals surface area contributed by atoms with Gasteiger partial charge in [-0.2, -0.15) is 0 Å². The Morgan fingerprint density at radius 1 is 0.796 bits per heavy atom. The monoisotopic (exact) mass is 670 g/mol. The van der Waals surface area contributed by atoms with E-state index in [1.807, 2.05) is 138 Å². The topological polar surface area (TPSA) is 79.5 Å². The molecule has 2 N–H and O–H groups in total. The smallest absolute Gasteiger partial charge is 0.334 e. The second-order valence-corrected chi connectivity index (χ2v) is 13.3. The molecule has 5 aromatic carbocycles. The van der Waals surface area contributed by atoms with Crippen LogP contribution in [0.4, 0.5) is 0 Å². The number of nitrogens with one attached hydrogen (secondary N) is 1. The summed E-state index contributed by atoms with van der Waals surface area (Å²) in [5.41, 5.74) is 4.77. The maximum atomic E-state index is 14.1. The maximum Gasteiger partial charge on any atom is 0.334 e. The molecule has 0 saturated carbocycles. The third kappa shape index (κ3) is 6.21. The van der Waals surface area contributed by atoms with Gasteiger partial charge in [-0.3, -0.25) is 19.2 Å². The fourth-order valence-corrected chi connectivity index (χ4v) is 7.62. The molecule has 1 fully saturated rings. The van der Waals surface area contributed by atoms with E-state index >= 15 is 0 Å². The molecule has 1 aromatic heterocycles. The van der Waals surface area contributed by atoms with Gasteiger partial charge < -0.3 is 10.0 Å². The Hall–Kier alpha value is -4.95. The van der Waals surface area contributed by atoms with E-state index in [1.165, 1.54) is 0 Å². The summed E-state index contributed by atoms with van der Waals surface area (Å²) in [5, 5.41) is 14.8. The van der Waals surface area contributed by atoms with Gasteiger partial charge in [0, 0.05) is 6.04 Å². The quantitative estimate of drug-likeness (QED) is 0.150. The van der Waals surface area contributed by atoms with Gasteiger partial charge in [0.2, 0.25) is 0 Å². The average Bonchev–Trinajstić information content (AvgIpc) is 3.44. The fraction of sp³-hybridized carbons (Fsp3) is 0.220. The van der Waals surface area contributed by atoms with Crippen LogP contribution in [0.1, 0.15) is 41.1 Å². The molecule has 1 unspecified atom stereocenters. The van der Waals surface area contributed by atoms with E-state index in [9.17, 15) is 14.7 Å². The van der Waals surface area contributed by atoms with E-state index in [-0.39, 0.29) is 18.2 Å². The van der Waals surface area contributed by atoms with Crippen molar-refractivity contribution in [3.05, 3.63) is 171 Å². The minimum atomic E-state index is -0.958. The van der Waals surface area contributed by atoms with Crippen LogP contribution >= 0.6 is 11.6 Å². The Bertz CT molecular complexity index is 2010. The third-order valence-corrected chi connectivity index (χ3v) is 10.1. The van der Waals surface area contributed by atoms with Crippen LogP contribution < -0.4 is 11.0 Å². The number of rotatable bonds is 10. The highest BCUT2D eigenvalue weighted by Crippen LogP contribution is 2.38. The zero-order chi connectivity index (χ0) is 34.0. The van der Waals surface area contributed by atoms with Gasteiger partial charge in [-0.25, -0.2) is 4.79 Å². The van der Waals surface area contributed by atoms with Crippen LogP contribution in [0.3, 0.4) is 0 Å². The molecule has 1 aliphatic rings. The number of hydrogen-bond donors (Lipinski definition) is 2. The molecule has 7 nitrogen and oxygen atoms in total. The van der Waals surface area contributed by atoms with E-state index in [2.05, 4.69) is 17.3 Å². The molecule has 7 rings (SSSR count). The molecule has 0 radical (unpaired) electrons. The number of aliphatic carboxylic acids is 1. The molecule has 1 saturated heterocycles. The zero-order valence-electron chi connectivity index (χ0n) is 27.4. The lowest BCUT2D eigenvalue weighted by atomic mass is 9.76. The number of carbonyl (C=O) groups is 1. The second kappa shape index (κ2) is 13.9. The van der Waals surface area contributed by atoms with Crippen LogP contribution in [0, 0.1) is 0 Å². The standard InChI is InChI=1S/C41H39ClN4O3/c1-44-26-24-34(25-27-44)45-37-19-11-18-35(42)38(37)46(40(45)49)33-22-20-29(21-23-33)28-36(39(47)48)43-41(30-12-5-2-6-13-30,31-14-7-3-8-15-31)32-16-9-4-10-17-32/h2-23,34,36,43H,24-28H2,1H3,(H,47,48). The number of halogens is 1. The highest BCUT2D eigenvalue weighted by atomic mass is 35.5. The first kappa shape index (κ1) is 32.6. The van der Waals surface area contributed by atoms with Gasteiger partial charge in [0.1, 0.15) is 6.04 Å². The van der Waals surface area contributed by atoms with E-state index in [1.54, 1.807) is 4.57 Å². The van der Waals surface area contributed by atoms with Crippen LogP contribution in [-0.4, -0.2) is 51.3 Å². The van der Waals surface area contributed by atoms with E-state index in [0.717, 1.165) is 53.7 Å². The summed E-state index contributed by atoms with van der Waals surface area (Å²) in [5.74, 6) is -0.958. The van der Waals surface area contributed by atoms with Crippen molar-refractivity contribution < 1.29 is 9.90 Å². The molecule has 49 heavy (non-hydrogen) atoms. The lowest BCUT2D eigenvalue weighted by Crippen LogP contribution is -2.53. The highest BCUT2D eigenvalue weighted by molar-refractivity contribution is 6.35. The number of aromatic nitrogens is 2. The second-order valence-electron chi connectivity index (χ2n) is 12.9. The number of carboxylic acid groups (broad SMARTS) is 1. The summed E-state index contributed by atoms with van der Waals surface area (Å²) < 4.78 is 3.60. The molecule has 0 aliphatic carbocycles. The van der Waals surface area contributed by atoms with Crippen LogP contribution in [0.2, 0.25) is 5.02 Å². The van der Waals surface area contributed by atoms with Crippen LogP contribution in [0.15, 0.2) is 138 Å².